The van der Waals surface area contributed by atoms with Crippen LogP contribution in [0.5, 0.6) is 0 Å². The molecule has 5 nitrogen and oxygen atoms in total. The highest BCUT2D eigenvalue weighted by Gasteiger charge is 2.23. The fourth-order valence-electron chi connectivity index (χ4n) is 1.56. The van der Waals surface area contributed by atoms with Gasteiger partial charge in [-0.25, -0.2) is 0 Å². The van der Waals surface area contributed by atoms with Crippen molar-refractivity contribution in [1.29, 1.82) is 0 Å². The SMILES string of the molecule is COC(=O)CC(CC(=O)O)c1occc1C. The highest BCUT2D eigenvalue weighted by Crippen LogP contribution is 2.27. The summed E-state index contributed by atoms with van der Waals surface area (Å²) in [6, 6.07) is 1.74. The van der Waals surface area contributed by atoms with Crippen molar-refractivity contribution in [2.75, 3.05) is 7.11 Å². The first-order valence-corrected chi connectivity index (χ1v) is 4.87. The Labute approximate surface area is 93.0 Å². The predicted octanol–water partition coefficient (Wildman–Crippen LogP) is 1.71. The molecule has 0 aliphatic rings. The number of carboxylic acid groups (broad SMARTS) is 1. The van der Waals surface area contributed by atoms with Gasteiger partial charge in [-0.2, -0.15) is 0 Å². The predicted molar refractivity (Wildman–Crippen MR) is 55.1 cm³/mol. The van der Waals surface area contributed by atoms with E-state index < -0.39 is 17.9 Å². The number of aryl methyl sites for hydroxylation is 1. The van der Waals surface area contributed by atoms with Gasteiger partial charge in [-0.05, 0) is 18.6 Å². The van der Waals surface area contributed by atoms with Crippen LogP contribution < -0.4 is 0 Å². The van der Waals surface area contributed by atoms with Crippen molar-refractivity contribution in [2.45, 2.75) is 25.7 Å². The molecule has 0 saturated heterocycles. The molecule has 5 heteroatoms. The van der Waals surface area contributed by atoms with E-state index in [4.69, 9.17) is 9.52 Å². The third kappa shape index (κ3) is 3.12. The maximum absolute atomic E-state index is 11.2. The number of aliphatic carboxylic acids is 1. The Morgan fingerprint density at radius 2 is 2.19 bits per heavy atom. The number of esters is 1. The van der Waals surface area contributed by atoms with E-state index in [1.165, 1.54) is 13.4 Å². The second-order valence-corrected chi connectivity index (χ2v) is 3.54. The monoisotopic (exact) mass is 226 g/mol. The number of hydrogen-bond donors (Lipinski definition) is 1. The van der Waals surface area contributed by atoms with E-state index in [-0.39, 0.29) is 12.8 Å². The summed E-state index contributed by atoms with van der Waals surface area (Å²) in [5.74, 6) is -1.35. The Morgan fingerprint density at radius 3 is 2.62 bits per heavy atom. The molecule has 1 aromatic heterocycles. The molecule has 1 atom stereocenters. The summed E-state index contributed by atoms with van der Waals surface area (Å²) in [5.41, 5.74) is 0.843. The van der Waals surface area contributed by atoms with Gasteiger partial charge >= 0.3 is 11.9 Å². The highest BCUT2D eigenvalue weighted by atomic mass is 16.5. The molecule has 0 bridgehead atoms. The highest BCUT2D eigenvalue weighted by molar-refractivity contribution is 5.73. The fraction of sp³-hybridized carbons (Fsp3) is 0.455. The van der Waals surface area contributed by atoms with Crippen LogP contribution >= 0.6 is 0 Å². The van der Waals surface area contributed by atoms with Crippen LogP contribution in [0.15, 0.2) is 16.7 Å². The van der Waals surface area contributed by atoms with Crippen LogP contribution in [0.4, 0.5) is 0 Å². The summed E-state index contributed by atoms with van der Waals surface area (Å²) in [7, 11) is 1.27. The average Bonchev–Trinajstić information content (AvgIpc) is 2.62. The first-order valence-electron chi connectivity index (χ1n) is 4.87. The Balaban J connectivity index is 2.83. The Hall–Kier alpha value is -1.78. The second-order valence-electron chi connectivity index (χ2n) is 3.54. The minimum atomic E-state index is -0.968. The lowest BCUT2D eigenvalue weighted by Gasteiger charge is -2.11. The van der Waals surface area contributed by atoms with Gasteiger partial charge in [-0.15, -0.1) is 0 Å². The molecule has 0 fully saturated rings. The molecule has 1 rings (SSSR count). The number of hydrogen-bond acceptors (Lipinski definition) is 4. The first-order chi connectivity index (χ1) is 7.54. The minimum absolute atomic E-state index is 0.0111. The van der Waals surface area contributed by atoms with Crippen molar-refractivity contribution >= 4 is 11.9 Å². The number of carbonyl (C=O) groups excluding carboxylic acids is 1. The van der Waals surface area contributed by atoms with Gasteiger partial charge in [-0.3, -0.25) is 9.59 Å². The van der Waals surface area contributed by atoms with Gasteiger partial charge in [-0.1, -0.05) is 0 Å². The fourth-order valence-corrected chi connectivity index (χ4v) is 1.56. The van der Waals surface area contributed by atoms with Crippen LogP contribution in [0.25, 0.3) is 0 Å². The molecule has 1 N–H and O–H groups in total. The molecular weight excluding hydrogens is 212 g/mol. The zero-order chi connectivity index (χ0) is 12.1. The standard InChI is InChI=1S/C11H14O5/c1-7-3-4-16-11(7)8(5-9(12)13)6-10(14)15-2/h3-4,8H,5-6H2,1-2H3,(H,12,13). The molecule has 88 valence electrons. The quantitative estimate of drug-likeness (QED) is 0.773. The summed E-state index contributed by atoms with van der Waals surface area (Å²) in [6.07, 6.45) is 1.34. The van der Waals surface area contributed by atoms with Gasteiger partial charge in [0.15, 0.2) is 0 Å². The van der Waals surface area contributed by atoms with Gasteiger partial charge in [0.25, 0.3) is 0 Å². The van der Waals surface area contributed by atoms with E-state index in [0.29, 0.717) is 5.76 Å². The summed E-state index contributed by atoms with van der Waals surface area (Å²) >= 11 is 0. The van der Waals surface area contributed by atoms with Crippen LogP contribution in [0.1, 0.15) is 30.1 Å². The number of carbonyl (C=O) groups is 2. The molecule has 0 amide bonds. The maximum Gasteiger partial charge on any atom is 0.306 e. The molecule has 0 aliphatic heterocycles. The first kappa shape index (κ1) is 12.3. The van der Waals surface area contributed by atoms with Gasteiger partial charge in [0, 0.05) is 5.92 Å². The molecule has 0 radical (unpaired) electrons. The van der Waals surface area contributed by atoms with Crippen molar-refractivity contribution < 1.29 is 23.8 Å². The largest absolute Gasteiger partial charge is 0.481 e. The van der Waals surface area contributed by atoms with Gasteiger partial charge in [0.05, 0.1) is 26.2 Å². The lowest BCUT2D eigenvalue weighted by atomic mass is 9.96. The summed E-state index contributed by atoms with van der Waals surface area (Å²) < 4.78 is 9.73. The summed E-state index contributed by atoms with van der Waals surface area (Å²) in [6.45, 7) is 1.81. The van der Waals surface area contributed by atoms with Gasteiger partial charge in [0.1, 0.15) is 5.76 Å². The number of methoxy groups -OCH3 is 1. The van der Waals surface area contributed by atoms with Crippen molar-refractivity contribution in [2.24, 2.45) is 0 Å². The van der Waals surface area contributed by atoms with Crippen LogP contribution in [0, 0.1) is 6.92 Å². The van der Waals surface area contributed by atoms with Crippen molar-refractivity contribution in [3.8, 4) is 0 Å². The second kappa shape index (κ2) is 5.34. The molecule has 0 spiro atoms. The molecule has 1 heterocycles. The molecule has 0 aliphatic carbocycles. The molecule has 0 aromatic carbocycles. The van der Waals surface area contributed by atoms with E-state index in [0.717, 1.165) is 5.56 Å². The molecule has 1 aromatic rings. The van der Waals surface area contributed by atoms with Crippen LogP contribution in [0.2, 0.25) is 0 Å². The third-order valence-corrected chi connectivity index (χ3v) is 2.33. The molecule has 0 saturated carbocycles. The average molecular weight is 226 g/mol. The van der Waals surface area contributed by atoms with Crippen molar-refractivity contribution in [3.05, 3.63) is 23.7 Å². The van der Waals surface area contributed by atoms with E-state index in [2.05, 4.69) is 4.74 Å². The van der Waals surface area contributed by atoms with Gasteiger partial charge in [0.2, 0.25) is 0 Å². The minimum Gasteiger partial charge on any atom is -0.481 e. The van der Waals surface area contributed by atoms with Crippen molar-refractivity contribution in [1.82, 2.24) is 0 Å². The van der Waals surface area contributed by atoms with E-state index >= 15 is 0 Å². The Morgan fingerprint density at radius 1 is 1.50 bits per heavy atom. The molecule has 1 unspecified atom stereocenters. The lowest BCUT2D eigenvalue weighted by Crippen LogP contribution is -2.12. The zero-order valence-electron chi connectivity index (χ0n) is 9.23. The van der Waals surface area contributed by atoms with Crippen LogP contribution in [0.3, 0.4) is 0 Å². The number of furan rings is 1. The van der Waals surface area contributed by atoms with Crippen LogP contribution in [-0.4, -0.2) is 24.2 Å². The van der Waals surface area contributed by atoms with Crippen molar-refractivity contribution in [3.63, 3.8) is 0 Å². The topological polar surface area (TPSA) is 76.7 Å². The van der Waals surface area contributed by atoms with Crippen LogP contribution in [-0.2, 0) is 14.3 Å². The van der Waals surface area contributed by atoms with Gasteiger partial charge < -0.3 is 14.3 Å². The summed E-state index contributed by atoms with van der Waals surface area (Å²) in [4.78, 5) is 21.8. The molecule has 16 heavy (non-hydrogen) atoms. The number of ether oxygens (including phenoxy) is 1. The Bertz CT molecular complexity index is 379. The normalized spacial score (nSPS) is 12.1. The zero-order valence-corrected chi connectivity index (χ0v) is 9.23. The van der Waals surface area contributed by atoms with E-state index in [1.54, 1.807) is 6.07 Å². The Kier molecular flexibility index (Phi) is 4.10. The smallest absolute Gasteiger partial charge is 0.306 e. The number of carboxylic acids is 1. The lowest BCUT2D eigenvalue weighted by molar-refractivity contribution is -0.142. The van der Waals surface area contributed by atoms with E-state index in [1.807, 2.05) is 6.92 Å². The number of rotatable bonds is 5. The maximum atomic E-state index is 11.2. The third-order valence-electron chi connectivity index (χ3n) is 2.33. The van der Waals surface area contributed by atoms with E-state index in [9.17, 15) is 9.59 Å². The summed E-state index contributed by atoms with van der Waals surface area (Å²) in [5, 5.41) is 8.77. The molecular formula is C11H14O5.